The predicted molar refractivity (Wildman–Crippen MR) is 105 cm³/mol. The summed E-state index contributed by atoms with van der Waals surface area (Å²) in [6, 6.07) is 6.42. The number of nitrogens with zero attached hydrogens (tertiary/aromatic N) is 4. The molecular formula is C21H13F6N5O2. The molecule has 0 radical (unpaired) electrons. The Morgan fingerprint density at radius 1 is 1.00 bits per heavy atom. The molecule has 1 aromatic carbocycles. The molecule has 0 fully saturated rings. The Morgan fingerprint density at radius 3 is 2.47 bits per heavy atom. The van der Waals surface area contributed by atoms with Gasteiger partial charge in [0.1, 0.15) is 5.69 Å². The van der Waals surface area contributed by atoms with Gasteiger partial charge in [-0.25, -0.2) is 4.98 Å². The van der Waals surface area contributed by atoms with Crippen molar-refractivity contribution in [2.45, 2.75) is 18.9 Å². The van der Waals surface area contributed by atoms with Gasteiger partial charge in [0, 0.05) is 12.4 Å². The molecule has 1 amide bonds. The second kappa shape index (κ2) is 8.65. The average Bonchev–Trinajstić information content (AvgIpc) is 3.43. The third-order valence-corrected chi connectivity index (χ3v) is 4.58. The van der Waals surface area contributed by atoms with Crippen LogP contribution in [0.5, 0.6) is 0 Å². The molecule has 0 aliphatic rings. The van der Waals surface area contributed by atoms with Crippen LogP contribution in [0.3, 0.4) is 0 Å². The van der Waals surface area contributed by atoms with Crippen LogP contribution in [0.25, 0.3) is 11.6 Å². The first kappa shape index (κ1) is 23.0. The second-order valence-electron chi connectivity index (χ2n) is 6.99. The van der Waals surface area contributed by atoms with Gasteiger partial charge in [0.15, 0.2) is 0 Å². The smallest absolute Gasteiger partial charge is 0.416 e. The number of nitrogens with one attached hydrogen (secondary N) is 1. The van der Waals surface area contributed by atoms with Gasteiger partial charge in [-0.15, -0.1) is 0 Å². The van der Waals surface area contributed by atoms with Crippen molar-refractivity contribution < 1.29 is 35.6 Å². The molecule has 0 aliphatic heterocycles. The molecule has 176 valence electrons. The third kappa shape index (κ3) is 5.08. The van der Waals surface area contributed by atoms with E-state index in [0.29, 0.717) is 11.8 Å². The summed E-state index contributed by atoms with van der Waals surface area (Å²) >= 11 is 0. The van der Waals surface area contributed by atoms with E-state index >= 15 is 0 Å². The Kier molecular flexibility index (Phi) is 5.85. The Labute approximate surface area is 187 Å². The van der Waals surface area contributed by atoms with E-state index in [1.807, 2.05) is 0 Å². The predicted octanol–water partition coefficient (Wildman–Crippen LogP) is 5.27. The lowest BCUT2D eigenvalue weighted by molar-refractivity contribution is -0.143. The molecule has 3 aromatic heterocycles. The largest absolute Gasteiger partial charge is 0.429 e. The monoisotopic (exact) mass is 481 g/mol. The van der Waals surface area contributed by atoms with Crippen LogP contribution in [-0.4, -0.2) is 25.7 Å². The molecule has 7 nitrogen and oxygen atoms in total. The van der Waals surface area contributed by atoms with Crippen LogP contribution in [-0.2, 0) is 18.9 Å². The fourth-order valence-electron chi connectivity index (χ4n) is 3.02. The SMILES string of the molecule is O=C(Nc1cnn(Cc2ccc(C(F)(F)F)cc2C(F)(F)F)c1)c1cnc(-c2ccccn2)o1. The quantitative estimate of drug-likeness (QED) is 0.393. The van der Waals surface area contributed by atoms with Gasteiger partial charge in [-0.3, -0.25) is 14.5 Å². The van der Waals surface area contributed by atoms with Crippen molar-refractivity contribution in [2.75, 3.05) is 5.32 Å². The lowest BCUT2D eigenvalue weighted by Crippen LogP contribution is -2.15. The van der Waals surface area contributed by atoms with Gasteiger partial charge in [-0.2, -0.15) is 31.4 Å². The van der Waals surface area contributed by atoms with Crippen LogP contribution < -0.4 is 5.32 Å². The van der Waals surface area contributed by atoms with Crippen LogP contribution in [0.15, 0.2) is 65.6 Å². The maximum absolute atomic E-state index is 13.3. The number of rotatable bonds is 5. The van der Waals surface area contributed by atoms with E-state index in [9.17, 15) is 31.1 Å². The number of oxazole rings is 1. The first-order valence-corrected chi connectivity index (χ1v) is 9.49. The Morgan fingerprint density at radius 2 is 1.79 bits per heavy atom. The van der Waals surface area contributed by atoms with Crippen LogP contribution in [0.1, 0.15) is 27.2 Å². The number of amides is 1. The topological polar surface area (TPSA) is 85.8 Å². The Bertz CT molecular complexity index is 1310. The highest BCUT2D eigenvalue weighted by Gasteiger charge is 2.38. The van der Waals surface area contributed by atoms with Crippen LogP contribution >= 0.6 is 0 Å². The first-order valence-electron chi connectivity index (χ1n) is 9.49. The van der Waals surface area contributed by atoms with Gasteiger partial charge in [0.25, 0.3) is 5.91 Å². The molecule has 0 spiro atoms. The molecule has 4 aromatic rings. The van der Waals surface area contributed by atoms with Gasteiger partial charge in [-0.1, -0.05) is 12.1 Å². The normalized spacial score (nSPS) is 12.1. The van der Waals surface area contributed by atoms with E-state index in [2.05, 4.69) is 20.4 Å². The molecule has 34 heavy (non-hydrogen) atoms. The van der Waals surface area contributed by atoms with E-state index < -0.39 is 41.5 Å². The van der Waals surface area contributed by atoms with Gasteiger partial charge < -0.3 is 9.73 Å². The molecule has 0 atom stereocenters. The van der Waals surface area contributed by atoms with Crippen molar-refractivity contribution in [3.63, 3.8) is 0 Å². The van der Waals surface area contributed by atoms with E-state index in [4.69, 9.17) is 4.42 Å². The second-order valence-corrected chi connectivity index (χ2v) is 6.99. The van der Waals surface area contributed by atoms with Gasteiger partial charge in [0.05, 0.1) is 35.8 Å². The number of halogens is 6. The Hall–Kier alpha value is -4.16. The van der Waals surface area contributed by atoms with E-state index in [1.165, 1.54) is 24.8 Å². The van der Waals surface area contributed by atoms with E-state index in [-0.39, 0.29) is 23.4 Å². The van der Waals surface area contributed by atoms with Crippen molar-refractivity contribution in [3.8, 4) is 11.6 Å². The molecule has 4 rings (SSSR count). The lowest BCUT2D eigenvalue weighted by atomic mass is 10.0. The number of carbonyl (C=O) groups excluding carboxylic acids is 1. The van der Waals surface area contributed by atoms with Crippen LogP contribution in [0, 0.1) is 0 Å². The highest BCUT2D eigenvalue weighted by molar-refractivity contribution is 6.02. The molecule has 0 unspecified atom stereocenters. The fourth-order valence-corrected chi connectivity index (χ4v) is 3.02. The van der Waals surface area contributed by atoms with Gasteiger partial charge in [0.2, 0.25) is 11.7 Å². The number of carbonyl (C=O) groups is 1. The number of alkyl halides is 6. The summed E-state index contributed by atoms with van der Waals surface area (Å²) in [5.74, 6) is -0.723. The molecule has 1 N–H and O–H groups in total. The molecule has 0 saturated heterocycles. The van der Waals surface area contributed by atoms with Crippen LogP contribution in [0.4, 0.5) is 32.0 Å². The molecule has 0 bridgehead atoms. The van der Waals surface area contributed by atoms with Gasteiger partial charge >= 0.3 is 12.4 Å². The number of hydrogen-bond donors (Lipinski definition) is 1. The zero-order valence-electron chi connectivity index (χ0n) is 16.9. The fraction of sp³-hybridized carbons (Fsp3) is 0.143. The summed E-state index contributed by atoms with van der Waals surface area (Å²) in [7, 11) is 0. The lowest BCUT2D eigenvalue weighted by Gasteiger charge is -2.16. The number of pyridine rings is 1. The number of anilines is 1. The summed E-state index contributed by atoms with van der Waals surface area (Å²) in [6.45, 7) is -0.477. The van der Waals surface area contributed by atoms with E-state index in [0.717, 1.165) is 10.7 Å². The zero-order valence-corrected chi connectivity index (χ0v) is 16.9. The summed E-state index contributed by atoms with van der Waals surface area (Å²) in [5.41, 5.74) is -2.72. The van der Waals surface area contributed by atoms with Crippen molar-refractivity contribution in [1.82, 2.24) is 19.7 Å². The standard InChI is InChI=1S/C21H13F6N5O2/c22-20(23,24)13-5-4-12(15(7-13)21(25,26)27)10-32-11-14(8-30-32)31-18(33)17-9-29-19(34-17)16-3-1-2-6-28-16/h1-9,11H,10H2,(H,31,33). The molecular weight excluding hydrogens is 468 g/mol. The average molecular weight is 481 g/mol. The number of hydrogen-bond acceptors (Lipinski definition) is 5. The minimum absolute atomic E-state index is 0.0601. The number of aromatic nitrogens is 4. The maximum atomic E-state index is 13.3. The summed E-state index contributed by atoms with van der Waals surface area (Å²) in [6.07, 6.45) is -4.82. The van der Waals surface area contributed by atoms with Crippen molar-refractivity contribution in [3.05, 3.63) is 83.6 Å². The highest BCUT2D eigenvalue weighted by Crippen LogP contribution is 2.37. The summed E-state index contributed by atoms with van der Waals surface area (Å²) in [5, 5.41) is 6.32. The minimum atomic E-state index is -5.00. The maximum Gasteiger partial charge on any atom is 0.416 e. The molecule has 13 heteroatoms. The first-order chi connectivity index (χ1) is 16.0. The minimum Gasteiger partial charge on any atom is -0.429 e. The molecule has 0 aliphatic carbocycles. The van der Waals surface area contributed by atoms with Crippen LogP contribution in [0.2, 0.25) is 0 Å². The third-order valence-electron chi connectivity index (χ3n) is 4.58. The summed E-state index contributed by atoms with van der Waals surface area (Å²) < 4.78 is 84.9. The van der Waals surface area contributed by atoms with Crippen molar-refractivity contribution in [1.29, 1.82) is 0 Å². The molecule has 0 saturated carbocycles. The van der Waals surface area contributed by atoms with E-state index in [1.54, 1.807) is 18.2 Å². The highest BCUT2D eigenvalue weighted by atomic mass is 19.4. The molecule has 3 heterocycles. The zero-order chi connectivity index (χ0) is 24.5. The van der Waals surface area contributed by atoms with Crippen molar-refractivity contribution >= 4 is 11.6 Å². The Balaban J connectivity index is 1.49. The number of benzene rings is 1. The van der Waals surface area contributed by atoms with Gasteiger partial charge in [-0.05, 0) is 29.8 Å². The summed E-state index contributed by atoms with van der Waals surface area (Å²) in [4.78, 5) is 20.4. The van der Waals surface area contributed by atoms with Crippen molar-refractivity contribution in [2.24, 2.45) is 0 Å².